The molecule has 1 aliphatic carbocycles. The number of nitrogens with one attached hydrogen (secondary N) is 1. The lowest BCUT2D eigenvalue weighted by Crippen LogP contribution is -2.38. The molecule has 0 spiro atoms. The van der Waals surface area contributed by atoms with Crippen LogP contribution in [0.25, 0.3) is 0 Å². The topological polar surface area (TPSA) is 32.3 Å². The molecule has 1 aromatic carbocycles. The van der Waals surface area contributed by atoms with Crippen LogP contribution in [0, 0.1) is 5.82 Å². The molecule has 3 nitrogen and oxygen atoms in total. The molecule has 96 valence electrons. The molecule has 18 heavy (non-hydrogen) atoms. The van der Waals surface area contributed by atoms with Crippen molar-refractivity contribution >= 4 is 5.91 Å². The van der Waals surface area contributed by atoms with Gasteiger partial charge in [0.25, 0.3) is 0 Å². The molecule has 1 fully saturated rings. The number of fused-ring (bicyclic) bond motifs is 1. The van der Waals surface area contributed by atoms with Crippen molar-refractivity contribution in [2.75, 3.05) is 13.6 Å². The van der Waals surface area contributed by atoms with E-state index in [0.717, 1.165) is 31.4 Å². The molecule has 1 heterocycles. The van der Waals surface area contributed by atoms with E-state index in [-0.39, 0.29) is 23.8 Å². The molecular formula is C14H17FN2O. The van der Waals surface area contributed by atoms with Crippen LogP contribution in [0.5, 0.6) is 0 Å². The van der Waals surface area contributed by atoms with E-state index in [1.807, 2.05) is 13.1 Å². The van der Waals surface area contributed by atoms with Crippen LogP contribution < -0.4 is 5.32 Å². The average molecular weight is 248 g/mol. The summed E-state index contributed by atoms with van der Waals surface area (Å²) in [5, 5.41) is 3.38. The van der Waals surface area contributed by atoms with Crippen molar-refractivity contribution in [2.45, 2.75) is 31.3 Å². The van der Waals surface area contributed by atoms with Crippen molar-refractivity contribution in [1.29, 1.82) is 0 Å². The van der Waals surface area contributed by atoms with Gasteiger partial charge in [0, 0.05) is 19.6 Å². The predicted octanol–water partition coefficient (Wildman–Crippen LogP) is 1.63. The largest absolute Gasteiger partial charge is 0.344 e. The number of aryl methyl sites for hydroxylation is 1. The maximum absolute atomic E-state index is 13.3. The lowest BCUT2D eigenvalue weighted by Gasteiger charge is -2.18. The van der Waals surface area contributed by atoms with Crippen LogP contribution in [-0.2, 0) is 11.2 Å². The first kappa shape index (κ1) is 11.7. The van der Waals surface area contributed by atoms with Gasteiger partial charge < -0.3 is 4.90 Å². The van der Waals surface area contributed by atoms with Gasteiger partial charge in [-0.2, -0.15) is 0 Å². The van der Waals surface area contributed by atoms with Crippen molar-refractivity contribution in [1.82, 2.24) is 10.2 Å². The van der Waals surface area contributed by atoms with Gasteiger partial charge in [0.2, 0.25) is 5.91 Å². The smallest absolute Gasteiger partial charge is 0.239 e. The summed E-state index contributed by atoms with van der Waals surface area (Å²) in [6.45, 7) is 0.805. The third-order valence-corrected chi connectivity index (χ3v) is 4.02. The molecule has 2 aliphatic rings. The third kappa shape index (κ3) is 1.90. The number of hydrogen-bond donors (Lipinski definition) is 1. The van der Waals surface area contributed by atoms with Crippen LogP contribution in [0.4, 0.5) is 4.39 Å². The van der Waals surface area contributed by atoms with Gasteiger partial charge in [-0.05, 0) is 42.5 Å². The fourth-order valence-corrected chi connectivity index (χ4v) is 2.97. The molecule has 1 amide bonds. The Morgan fingerprint density at radius 3 is 2.89 bits per heavy atom. The van der Waals surface area contributed by atoms with E-state index in [4.69, 9.17) is 0 Å². The average Bonchev–Trinajstić information content (AvgIpc) is 2.88. The first-order chi connectivity index (χ1) is 8.65. The van der Waals surface area contributed by atoms with Gasteiger partial charge >= 0.3 is 0 Å². The molecule has 0 bridgehead atoms. The van der Waals surface area contributed by atoms with Gasteiger partial charge in [0.05, 0.1) is 6.04 Å². The molecular weight excluding hydrogens is 231 g/mol. The Balaban J connectivity index is 1.77. The Hall–Kier alpha value is -1.42. The van der Waals surface area contributed by atoms with Crippen LogP contribution in [-0.4, -0.2) is 30.4 Å². The molecule has 1 aromatic rings. The SMILES string of the molecule is CN1CC[C@H](N[C@H]2CCc3ccc(F)cc32)C1=O. The van der Waals surface area contributed by atoms with Crippen molar-refractivity contribution in [2.24, 2.45) is 0 Å². The summed E-state index contributed by atoms with van der Waals surface area (Å²) in [4.78, 5) is 13.6. The van der Waals surface area contributed by atoms with Crippen LogP contribution in [0.2, 0.25) is 0 Å². The number of halogens is 1. The summed E-state index contributed by atoms with van der Waals surface area (Å²) < 4.78 is 13.3. The standard InChI is InChI=1S/C14H17FN2O/c1-17-7-6-13(14(17)18)16-12-5-3-9-2-4-10(15)8-11(9)12/h2,4,8,12-13,16H,3,5-7H2,1H3/t12-,13-/m0/s1. The minimum atomic E-state index is -0.197. The summed E-state index contributed by atoms with van der Waals surface area (Å²) in [5.41, 5.74) is 2.23. The molecule has 0 radical (unpaired) electrons. The van der Waals surface area contributed by atoms with Gasteiger partial charge in [0.15, 0.2) is 0 Å². The summed E-state index contributed by atoms with van der Waals surface area (Å²) in [5.74, 6) is -0.0443. The minimum absolute atomic E-state index is 0.103. The number of benzene rings is 1. The highest BCUT2D eigenvalue weighted by molar-refractivity contribution is 5.83. The molecule has 0 unspecified atom stereocenters. The highest BCUT2D eigenvalue weighted by Crippen LogP contribution is 2.32. The van der Waals surface area contributed by atoms with Gasteiger partial charge in [-0.15, -0.1) is 0 Å². The second-order valence-corrected chi connectivity index (χ2v) is 5.20. The highest BCUT2D eigenvalue weighted by Gasteiger charge is 2.33. The van der Waals surface area contributed by atoms with Crippen molar-refractivity contribution in [3.63, 3.8) is 0 Å². The summed E-state index contributed by atoms with van der Waals surface area (Å²) in [6, 6.07) is 4.98. The maximum Gasteiger partial charge on any atom is 0.239 e. The zero-order chi connectivity index (χ0) is 12.7. The lowest BCUT2D eigenvalue weighted by atomic mass is 10.1. The molecule has 3 rings (SSSR count). The first-order valence-corrected chi connectivity index (χ1v) is 6.44. The number of hydrogen-bond acceptors (Lipinski definition) is 2. The molecule has 2 atom stereocenters. The summed E-state index contributed by atoms with van der Waals surface area (Å²) in [7, 11) is 1.83. The number of nitrogens with zero attached hydrogens (tertiary/aromatic N) is 1. The highest BCUT2D eigenvalue weighted by atomic mass is 19.1. The van der Waals surface area contributed by atoms with E-state index < -0.39 is 0 Å². The van der Waals surface area contributed by atoms with Crippen molar-refractivity contribution in [3.05, 3.63) is 35.1 Å². The van der Waals surface area contributed by atoms with Gasteiger partial charge in [-0.25, -0.2) is 4.39 Å². The second-order valence-electron chi connectivity index (χ2n) is 5.20. The number of carbonyl (C=O) groups is 1. The van der Waals surface area contributed by atoms with Crippen molar-refractivity contribution in [3.8, 4) is 0 Å². The maximum atomic E-state index is 13.3. The lowest BCUT2D eigenvalue weighted by molar-refractivity contribution is -0.128. The minimum Gasteiger partial charge on any atom is -0.344 e. The molecule has 1 saturated heterocycles. The van der Waals surface area contributed by atoms with E-state index >= 15 is 0 Å². The molecule has 4 heteroatoms. The third-order valence-electron chi connectivity index (χ3n) is 4.02. The molecule has 1 aliphatic heterocycles. The Kier molecular flexibility index (Phi) is 2.82. The van der Waals surface area contributed by atoms with Crippen LogP contribution >= 0.6 is 0 Å². The fourth-order valence-electron chi connectivity index (χ4n) is 2.97. The Bertz CT molecular complexity index is 489. The first-order valence-electron chi connectivity index (χ1n) is 6.44. The predicted molar refractivity (Wildman–Crippen MR) is 66.6 cm³/mol. The van der Waals surface area contributed by atoms with E-state index in [2.05, 4.69) is 5.32 Å². The molecule has 0 aromatic heterocycles. The summed E-state index contributed by atoms with van der Waals surface area (Å²) >= 11 is 0. The van der Waals surface area contributed by atoms with Crippen LogP contribution in [0.1, 0.15) is 30.0 Å². The number of carbonyl (C=O) groups excluding carboxylic acids is 1. The molecule has 1 N–H and O–H groups in total. The van der Waals surface area contributed by atoms with Gasteiger partial charge in [-0.3, -0.25) is 10.1 Å². The summed E-state index contributed by atoms with van der Waals surface area (Å²) in [6.07, 6.45) is 2.76. The normalized spacial score (nSPS) is 26.8. The van der Waals surface area contributed by atoms with E-state index in [1.165, 1.54) is 11.6 Å². The van der Waals surface area contributed by atoms with E-state index in [0.29, 0.717) is 0 Å². The second kappa shape index (κ2) is 4.35. The van der Waals surface area contributed by atoms with Crippen LogP contribution in [0.15, 0.2) is 18.2 Å². The number of likely N-dealkylation sites (N-methyl/N-ethyl adjacent to an activating group) is 1. The Morgan fingerprint density at radius 1 is 1.33 bits per heavy atom. The fraction of sp³-hybridized carbons (Fsp3) is 0.500. The number of likely N-dealkylation sites (tertiary alicyclic amines) is 1. The number of rotatable bonds is 2. The zero-order valence-electron chi connectivity index (χ0n) is 10.4. The van der Waals surface area contributed by atoms with Gasteiger partial charge in [-0.1, -0.05) is 6.07 Å². The van der Waals surface area contributed by atoms with Crippen molar-refractivity contribution < 1.29 is 9.18 Å². The Labute approximate surface area is 106 Å². The van der Waals surface area contributed by atoms with Gasteiger partial charge in [0.1, 0.15) is 5.82 Å². The van der Waals surface area contributed by atoms with Crippen LogP contribution in [0.3, 0.4) is 0 Å². The monoisotopic (exact) mass is 248 g/mol. The van der Waals surface area contributed by atoms with E-state index in [1.54, 1.807) is 11.0 Å². The molecule has 0 saturated carbocycles. The Morgan fingerprint density at radius 2 is 2.17 bits per heavy atom. The number of amides is 1. The quantitative estimate of drug-likeness (QED) is 0.863. The zero-order valence-corrected chi connectivity index (χ0v) is 10.4. The van der Waals surface area contributed by atoms with E-state index in [9.17, 15) is 9.18 Å².